The minimum atomic E-state index is -1.30. The van der Waals surface area contributed by atoms with E-state index in [2.05, 4.69) is 22.0 Å². The van der Waals surface area contributed by atoms with Crippen molar-refractivity contribution in [2.45, 2.75) is 56.3 Å². The quantitative estimate of drug-likeness (QED) is 0.153. The van der Waals surface area contributed by atoms with E-state index in [0.717, 1.165) is 35.1 Å². The second-order valence-electron chi connectivity index (χ2n) is 15.3. The van der Waals surface area contributed by atoms with Crippen LogP contribution in [0.2, 0.25) is 0 Å². The van der Waals surface area contributed by atoms with E-state index in [1.54, 1.807) is 23.1 Å². The highest BCUT2D eigenvalue weighted by molar-refractivity contribution is 6.07. The van der Waals surface area contributed by atoms with Crippen LogP contribution in [-0.4, -0.2) is 115 Å². The first-order valence-corrected chi connectivity index (χ1v) is 20.2. The standard InChI is InChI=1S/C45H46N6O9/c52-37-19-18-36(41(55)48-37)51-26-34-33(43(51)56)16-9-17-35(34)47-39(54)28-59-23-22-58-21-20-46-38(53)27-50-25-31-14-7-8-15-32(31)40-45(44(50)57,24-29-10-3-1-4-11-29)49-42(60-40)30-12-5-2-6-13-30/h1-7,9-14,16-17,36,40H,8,15,18-28H2,(H,46,53)(H,47,54)(H,48,52,55)/t36?,40-,45-/m0/s1. The van der Waals surface area contributed by atoms with E-state index in [0.29, 0.717) is 29.1 Å². The second-order valence-corrected chi connectivity index (χ2v) is 15.3. The number of allylic oxidation sites excluding steroid dienone is 1. The lowest BCUT2D eigenvalue weighted by molar-refractivity contribution is -0.141. The number of hydrogen-bond donors (Lipinski definition) is 3. The summed E-state index contributed by atoms with van der Waals surface area (Å²) in [4.78, 5) is 86.1. The predicted octanol–water partition coefficient (Wildman–Crippen LogP) is 2.85. The predicted molar refractivity (Wildman–Crippen MR) is 218 cm³/mol. The van der Waals surface area contributed by atoms with Crippen LogP contribution in [-0.2, 0) is 51.1 Å². The maximum Gasteiger partial charge on any atom is 0.256 e. The van der Waals surface area contributed by atoms with Crippen LogP contribution >= 0.6 is 0 Å². The molecule has 15 nitrogen and oxygen atoms in total. The summed E-state index contributed by atoms with van der Waals surface area (Å²) < 4.78 is 17.8. The summed E-state index contributed by atoms with van der Waals surface area (Å²) in [5.41, 5.74) is 3.85. The van der Waals surface area contributed by atoms with Gasteiger partial charge in [0, 0.05) is 54.9 Å². The van der Waals surface area contributed by atoms with Gasteiger partial charge in [-0.05, 0) is 60.2 Å². The van der Waals surface area contributed by atoms with Gasteiger partial charge in [-0.3, -0.25) is 34.1 Å². The third-order valence-electron chi connectivity index (χ3n) is 11.3. The fourth-order valence-corrected chi connectivity index (χ4v) is 8.45. The number of imide groups is 1. The van der Waals surface area contributed by atoms with Gasteiger partial charge in [-0.25, -0.2) is 4.99 Å². The lowest BCUT2D eigenvalue weighted by atomic mass is 9.79. The maximum atomic E-state index is 14.8. The highest BCUT2D eigenvalue weighted by Crippen LogP contribution is 2.43. The topological polar surface area (TPSA) is 185 Å². The van der Waals surface area contributed by atoms with Crippen molar-refractivity contribution >= 4 is 47.0 Å². The molecule has 0 saturated carbocycles. The number of rotatable bonds is 15. The van der Waals surface area contributed by atoms with Crippen molar-refractivity contribution in [3.8, 4) is 0 Å². The fourth-order valence-electron chi connectivity index (χ4n) is 8.45. The summed E-state index contributed by atoms with van der Waals surface area (Å²) in [6.07, 6.45) is 5.76. The van der Waals surface area contributed by atoms with E-state index in [9.17, 15) is 28.8 Å². The smallest absolute Gasteiger partial charge is 0.256 e. The second kappa shape index (κ2) is 17.8. The first-order valence-electron chi connectivity index (χ1n) is 20.2. The van der Waals surface area contributed by atoms with Gasteiger partial charge in [0.25, 0.3) is 11.8 Å². The summed E-state index contributed by atoms with van der Waals surface area (Å²) in [7, 11) is 0. The van der Waals surface area contributed by atoms with Gasteiger partial charge in [-0.2, -0.15) is 0 Å². The van der Waals surface area contributed by atoms with Crippen LogP contribution in [0, 0.1) is 0 Å². The molecule has 4 heterocycles. The number of carbonyl (C=O) groups excluding carboxylic acids is 6. The molecular weight excluding hydrogens is 769 g/mol. The number of fused-ring (bicyclic) bond motifs is 3. The van der Waals surface area contributed by atoms with Gasteiger partial charge in [-0.15, -0.1) is 0 Å². The van der Waals surface area contributed by atoms with E-state index in [-0.39, 0.29) is 89.1 Å². The van der Waals surface area contributed by atoms with E-state index in [1.165, 1.54) is 4.90 Å². The Bertz CT molecular complexity index is 2280. The largest absolute Gasteiger partial charge is 0.466 e. The summed E-state index contributed by atoms with van der Waals surface area (Å²) in [5.74, 6) is -1.82. The average molecular weight is 815 g/mol. The Morgan fingerprint density at radius 1 is 0.883 bits per heavy atom. The van der Waals surface area contributed by atoms with Crippen LogP contribution in [0.15, 0.2) is 107 Å². The Kier molecular flexibility index (Phi) is 12.0. The summed E-state index contributed by atoms with van der Waals surface area (Å²) in [6, 6.07) is 23.6. The number of nitrogens with zero attached hydrogens (tertiary/aromatic N) is 3. The van der Waals surface area contributed by atoms with Gasteiger partial charge in [0.05, 0.1) is 26.4 Å². The van der Waals surface area contributed by atoms with E-state index in [4.69, 9.17) is 19.2 Å². The minimum Gasteiger partial charge on any atom is -0.466 e. The molecule has 15 heteroatoms. The molecule has 0 radical (unpaired) electrons. The molecule has 6 amide bonds. The van der Waals surface area contributed by atoms with Gasteiger partial charge in [0.2, 0.25) is 29.5 Å². The molecule has 1 fully saturated rings. The number of amides is 6. The van der Waals surface area contributed by atoms with Crippen LogP contribution in [0.3, 0.4) is 0 Å². The van der Waals surface area contributed by atoms with E-state index < -0.39 is 29.5 Å². The van der Waals surface area contributed by atoms with Crippen molar-refractivity contribution in [3.05, 3.63) is 124 Å². The van der Waals surface area contributed by atoms with Crippen molar-refractivity contribution < 1.29 is 43.0 Å². The Morgan fingerprint density at radius 2 is 1.67 bits per heavy atom. The maximum absolute atomic E-state index is 14.8. The SMILES string of the molecule is O=C(CN1CC2=C(CCC=C2)[C@@H]2OC(c3ccccc3)=N[C@]2(Cc2ccccc2)C1=O)NCCOCCOCC(=O)Nc1cccc2c1CN(C1CCC(=O)NC1=O)C2=O. The number of aliphatic imine (C=N–C) groups is 1. The van der Waals surface area contributed by atoms with Gasteiger partial charge >= 0.3 is 0 Å². The molecule has 3 N–H and O–H groups in total. The number of piperidine rings is 1. The van der Waals surface area contributed by atoms with Crippen LogP contribution < -0.4 is 16.0 Å². The first-order chi connectivity index (χ1) is 29.2. The fraction of sp³-hybridized carbons (Fsp3) is 0.356. The van der Waals surface area contributed by atoms with Crippen LogP contribution in [0.1, 0.15) is 52.7 Å². The summed E-state index contributed by atoms with van der Waals surface area (Å²) >= 11 is 0. The molecule has 60 heavy (non-hydrogen) atoms. The van der Waals surface area contributed by atoms with Gasteiger partial charge in [-0.1, -0.05) is 66.7 Å². The Balaban J connectivity index is 0.813. The first kappa shape index (κ1) is 40.3. The number of benzene rings is 3. The summed E-state index contributed by atoms with van der Waals surface area (Å²) in [6.45, 7) is 0.605. The molecule has 8 rings (SSSR count). The van der Waals surface area contributed by atoms with Crippen molar-refractivity contribution in [2.24, 2.45) is 4.99 Å². The number of hydrogen-bond acceptors (Lipinski definition) is 10. The van der Waals surface area contributed by atoms with E-state index >= 15 is 0 Å². The van der Waals surface area contributed by atoms with Crippen LogP contribution in [0.5, 0.6) is 0 Å². The van der Waals surface area contributed by atoms with Gasteiger partial charge in [0.15, 0.2) is 11.6 Å². The van der Waals surface area contributed by atoms with Gasteiger partial charge in [0.1, 0.15) is 12.6 Å². The van der Waals surface area contributed by atoms with Crippen LogP contribution in [0.25, 0.3) is 0 Å². The van der Waals surface area contributed by atoms with Crippen molar-refractivity contribution in [1.82, 2.24) is 20.4 Å². The molecule has 5 aliphatic rings. The zero-order chi connectivity index (χ0) is 41.6. The molecule has 1 unspecified atom stereocenters. The molecule has 4 aliphatic heterocycles. The Labute approximate surface area is 346 Å². The average Bonchev–Trinajstić information content (AvgIpc) is 3.78. The van der Waals surface area contributed by atoms with E-state index in [1.807, 2.05) is 66.7 Å². The normalized spacial score (nSPS) is 22.0. The van der Waals surface area contributed by atoms with Crippen LogP contribution in [0.4, 0.5) is 5.69 Å². The molecule has 0 aromatic heterocycles. The molecule has 0 bridgehead atoms. The lowest BCUT2D eigenvalue weighted by Crippen LogP contribution is -2.55. The molecule has 1 saturated heterocycles. The molecule has 0 spiro atoms. The lowest BCUT2D eigenvalue weighted by Gasteiger charge is -2.33. The molecule has 3 aromatic carbocycles. The third-order valence-corrected chi connectivity index (χ3v) is 11.3. The third kappa shape index (κ3) is 8.49. The molecule has 310 valence electrons. The number of nitrogens with one attached hydrogen (secondary N) is 3. The zero-order valence-corrected chi connectivity index (χ0v) is 33.0. The van der Waals surface area contributed by atoms with Crippen molar-refractivity contribution in [3.63, 3.8) is 0 Å². The highest BCUT2D eigenvalue weighted by atomic mass is 16.5. The number of ether oxygens (including phenoxy) is 3. The molecule has 3 aromatic rings. The van der Waals surface area contributed by atoms with Crippen molar-refractivity contribution in [2.75, 3.05) is 51.4 Å². The molecule has 3 atom stereocenters. The molecule has 1 aliphatic carbocycles. The Morgan fingerprint density at radius 3 is 2.47 bits per heavy atom. The molecular formula is C45H46N6O9. The monoisotopic (exact) mass is 814 g/mol. The Hall–Kier alpha value is -6.45. The van der Waals surface area contributed by atoms with Gasteiger partial charge < -0.3 is 34.6 Å². The number of carbonyl (C=O) groups is 6. The van der Waals surface area contributed by atoms with Crippen molar-refractivity contribution in [1.29, 1.82) is 0 Å². The highest BCUT2D eigenvalue weighted by Gasteiger charge is 2.57. The number of anilines is 1. The minimum absolute atomic E-state index is 0.113. The summed E-state index contributed by atoms with van der Waals surface area (Å²) in [5, 5.41) is 7.93. The zero-order valence-electron chi connectivity index (χ0n) is 33.0.